The van der Waals surface area contributed by atoms with Gasteiger partial charge in [-0.05, 0) is 36.9 Å². The molecule has 104 valence electrons. The standard InChI is InChI=1S/C15H17N3OS/c1-3-20-13-8-4-6-12(14(13)15(16)17)19-11-7-5-9-18-10(11)2/h4-9H,3H2,1-2H3,(H3,16,17). The molecule has 0 aliphatic carbocycles. The van der Waals surface area contributed by atoms with Crippen LogP contribution < -0.4 is 10.5 Å². The maximum Gasteiger partial charge on any atom is 0.148 e. The molecule has 1 heterocycles. The van der Waals surface area contributed by atoms with E-state index in [0.717, 1.165) is 16.3 Å². The van der Waals surface area contributed by atoms with Gasteiger partial charge in [0.25, 0.3) is 0 Å². The molecular weight excluding hydrogens is 270 g/mol. The third-order valence-electron chi connectivity index (χ3n) is 2.74. The predicted molar refractivity (Wildman–Crippen MR) is 82.9 cm³/mol. The Balaban J connectivity index is 2.44. The first-order valence-corrected chi connectivity index (χ1v) is 7.31. The minimum atomic E-state index is 0.0121. The van der Waals surface area contributed by atoms with Crippen LogP contribution in [0.25, 0.3) is 0 Å². The Bertz CT molecular complexity index is 628. The van der Waals surface area contributed by atoms with Crippen molar-refractivity contribution >= 4 is 17.6 Å². The summed E-state index contributed by atoms with van der Waals surface area (Å²) in [5, 5.41) is 7.78. The summed E-state index contributed by atoms with van der Waals surface area (Å²) in [4.78, 5) is 5.15. The van der Waals surface area contributed by atoms with E-state index in [1.807, 2.05) is 37.3 Å². The molecule has 2 rings (SSSR count). The normalized spacial score (nSPS) is 10.3. The van der Waals surface area contributed by atoms with Crippen LogP contribution in [0.1, 0.15) is 18.2 Å². The molecule has 0 spiro atoms. The summed E-state index contributed by atoms with van der Waals surface area (Å²) in [6.07, 6.45) is 1.72. The molecule has 4 nitrogen and oxygen atoms in total. The zero-order chi connectivity index (χ0) is 14.5. The van der Waals surface area contributed by atoms with E-state index in [1.165, 1.54) is 0 Å². The van der Waals surface area contributed by atoms with Gasteiger partial charge >= 0.3 is 0 Å². The van der Waals surface area contributed by atoms with Crippen LogP contribution in [0.3, 0.4) is 0 Å². The lowest BCUT2D eigenvalue weighted by molar-refractivity contribution is 0.473. The van der Waals surface area contributed by atoms with E-state index >= 15 is 0 Å². The fourth-order valence-corrected chi connectivity index (χ4v) is 2.67. The number of hydrogen-bond acceptors (Lipinski definition) is 4. The van der Waals surface area contributed by atoms with Crippen molar-refractivity contribution in [1.29, 1.82) is 5.41 Å². The number of thioether (sulfide) groups is 1. The molecule has 0 atom stereocenters. The van der Waals surface area contributed by atoms with E-state index in [2.05, 4.69) is 11.9 Å². The van der Waals surface area contributed by atoms with Gasteiger partial charge in [-0.15, -0.1) is 11.8 Å². The first-order valence-electron chi connectivity index (χ1n) is 6.33. The minimum Gasteiger partial charge on any atom is -0.455 e. The first kappa shape index (κ1) is 14.4. The number of benzene rings is 1. The molecule has 0 radical (unpaired) electrons. The second-order valence-corrected chi connectivity index (χ2v) is 5.47. The van der Waals surface area contributed by atoms with Crippen molar-refractivity contribution in [2.45, 2.75) is 18.7 Å². The molecule has 0 amide bonds. The number of pyridine rings is 1. The lowest BCUT2D eigenvalue weighted by Crippen LogP contribution is -2.14. The summed E-state index contributed by atoms with van der Waals surface area (Å²) in [6.45, 7) is 3.95. The maximum absolute atomic E-state index is 7.78. The second kappa shape index (κ2) is 6.43. The number of amidine groups is 1. The Morgan fingerprint density at radius 1 is 1.30 bits per heavy atom. The van der Waals surface area contributed by atoms with Crippen molar-refractivity contribution in [1.82, 2.24) is 4.98 Å². The van der Waals surface area contributed by atoms with Crippen LogP contribution in [0.2, 0.25) is 0 Å². The van der Waals surface area contributed by atoms with E-state index in [9.17, 15) is 0 Å². The summed E-state index contributed by atoms with van der Waals surface area (Å²) in [5.41, 5.74) is 7.15. The summed E-state index contributed by atoms with van der Waals surface area (Å²) < 4.78 is 5.89. The van der Waals surface area contributed by atoms with E-state index in [4.69, 9.17) is 15.9 Å². The number of nitrogens with two attached hydrogens (primary N) is 1. The summed E-state index contributed by atoms with van der Waals surface area (Å²) in [6, 6.07) is 9.36. The second-order valence-electron chi connectivity index (χ2n) is 4.16. The predicted octanol–water partition coefficient (Wildman–Crippen LogP) is 3.58. The fraction of sp³-hybridized carbons (Fsp3) is 0.200. The van der Waals surface area contributed by atoms with Gasteiger partial charge in [-0.3, -0.25) is 10.4 Å². The molecule has 20 heavy (non-hydrogen) atoms. The van der Waals surface area contributed by atoms with Gasteiger partial charge in [0.15, 0.2) is 0 Å². The molecule has 0 bridgehead atoms. The number of aromatic nitrogens is 1. The molecule has 0 aliphatic heterocycles. The van der Waals surface area contributed by atoms with E-state index < -0.39 is 0 Å². The monoisotopic (exact) mass is 287 g/mol. The zero-order valence-corrected chi connectivity index (χ0v) is 12.3. The van der Waals surface area contributed by atoms with Crippen LogP contribution in [0.15, 0.2) is 41.4 Å². The van der Waals surface area contributed by atoms with Crippen LogP contribution in [0.5, 0.6) is 11.5 Å². The number of nitrogen functional groups attached to an aromatic ring is 1. The van der Waals surface area contributed by atoms with Crippen molar-refractivity contribution in [3.05, 3.63) is 47.8 Å². The Morgan fingerprint density at radius 3 is 2.70 bits per heavy atom. The van der Waals surface area contributed by atoms with E-state index in [-0.39, 0.29) is 5.84 Å². The summed E-state index contributed by atoms with van der Waals surface area (Å²) in [5.74, 6) is 2.19. The molecule has 0 fully saturated rings. The number of ether oxygens (including phenoxy) is 1. The van der Waals surface area contributed by atoms with Crippen molar-refractivity contribution in [3.63, 3.8) is 0 Å². The zero-order valence-electron chi connectivity index (χ0n) is 11.5. The SMILES string of the molecule is CCSc1cccc(Oc2cccnc2C)c1C(=N)N. The van der Waals surface area contributed by atoms with E-state index in [0.29, 0.717) is 17.1 Å². The van der Waals surface area contributed by atoms with Crippen molar-refractivity contribution in [2.24, 2.45) is 5.73 Å². The quantitative estimate of drug-likeness (QED) is 0.501. The highest BCUT2D eigenvalue weighted by atomic mass is 32.2. The lowest BCUT2D eigenvalue weighted by Gasteiger charge is -2.14. The number of aryl methyl sites for hydroxylation is 1. The Morgan fingerprint density at radius 2 is 2.05 bits per heavy atom. The molecule has 0 aliphatic rings. The van der Waals surface area contributed by atoms with Gasteiger partial charge in [0.1, 0.15) is 17.3 Å². The first-order chi connectivity index (χ1) is 9.63. The van der Waals surface area contributed by atoms with Crippen LogP contribution in [-0.2, 0) is 0 Å². The number of nitrogens with one attached hydrogen (secondary N) is 1. The number of hydrogen-bond donors (Lipinski definition) is 2. The van der Waals surface area contributed by atoms with Crippen LogP contribution >= 0.6 is 11.8 Å². The van der Waals surface area contributed by atoms with Gasteiger partial charge in [0.05, 0.1) is 11.3 Å². The molecule has 5 heteroatoms. The van der Waals surface area contributed by atoms with Gasteiger partial charge in [-0.1, -0.05) is 13.0 Å². The van der Waals surface area contributed by atoms with Gasteiger partial charge in [0.2, 0.25) is 0 Å². The highest BCUT2D eigenvalue weighted by Gasteiger charge is 2.14. The van der Waals surface area contributed by atoms with Crippen LogP contribution in [0, 0.1) is 12.3 Å². The fourth-order valence-electron chi connectivity index (χ4n) is 1.83. The lowest BCUT2D eigenvalue weighted by atomic mass is 10.2. The molecular formula is C15H17N3OS. The minimum absolute atomic E-state index is 0.0121. The molecule has 3 N–H and O–H groups in total. The molecule has 1 aromatic heterocycles. The third kappa shape index (κ3) is 3.11. The van der Waals surface area contributed by atoms with Crippen LogP contribution in [0.4, 0.5) is 0 Å². The Labute approximate surface area is 122 Å². The maximum atomic E-state index is 7.78. The Kier molecular flexibility index (Phi) is 4.63. The highest BCUT2D eigenvalue weighted by molar-refractivity contribution is 7.99. The Hall–Kier alpha value is -2.01. The summed E-state index contributed by atoms with van der Waals surface area (Å²) in [7, 11) is 0. The topological polar surface area (TPSA) is 72.0 Å². The number of rotatable bonds is 5. The molecule has 0 unspecified atom stereocenters. The van der Waals surface area contributed by atoms with Gasteiger partial charge in [-0.2, -0.15) is 0 Å². The van der Waals surface area contributed by atoms with Crippen molar-refractivity contribution in [2.75, 3.05) is 5.75 Å². The number of nitrogens with zero attached hydrogens (tertiary/aromatic N) is 1. The van der Waals surface area contributed by atoms with Gasteiger partial charge in [-0.25, -0.2) is 0 Å². The average molecular weight is 287 g/mol. The van der Waals surface area contributed by atoms with Crippen molar-refractivity contribution < 1.29 is 4.74 Å². The molecule has 0 saturated heterocycles. The van der Waals surface area contributed by atoms with E-state index in [1.54, 1.807) is 18.0 Å². The third-order valence-corrected chi connectivity index (χ3v) is 3.68. The highest BCUT2D eigenvalue weighted by Crippen LogP contribution is 2.33. The summed E-state index contributed by atoms with van der Waals surface area (Å²) >= 11 is 1.64. The van der Waals surface area contributed by atoms with Crippen LogP contribution in [-0.4, -0.2) is 16.6 Å². The van der Waals surface area contributed by atoms with Gasteiger partial charge < -0.3 is 10.5 Å². The molecule has 0 saturated carbocycles. The molecule has 1 aromatic carbocycles. The average Bonchev–Trinajstić information content (AvgIpc) is 2.41. The van der Waals surface area contributed by atoms with Gasteiger partial charge in [0, 0.05) is 11.1 Å². The largest absolute Gasteiger partial charge is 0.455 e. The smallest absolute Gasteiger partial charge is 0.148 e. The van der Waals surface area contributed by atoms with Crippen molar-refractivity contribution in [3.8, 4) is 11.5 Å². The molecule has 2 aromatic rings.